The maximum absolute atomic E-state index is 12.7. The topological polar surface area (TPSA) is 37.3 Å². The predicted molar refractivity (Wildman–Crippen MR) is 88.8 cm³/mol. The van der Waals surface area contributed by atoms with Gasteiger partial charge in [-0.15, -0.1) is 0 Å². The van der Waals surface area contributed by atoms with E-state index in [9.17, 15) is 9.90 Å². The van der Waals surface area contributed by atoms with Gasteiger partial charge in [0.05, 0.1) is 0 Å². The molecule has 0 spiro atoms. The second kappa shape index (κ2) is 5.96. The Morgan fingerprint density at radius 1 is 0.864 bits per heavy atom. The van der Waals surface area contributed by atoms with Crippen molar-refractivity contribution >= 4 is 16.6 Å². The lowest BCUT2D eigenvalue weighted by Crippen LogP contribution is -2.11. The van der Waals surface area contributed by atoms with Crippen LogP contribution in [0, 0.1) is 0 Å². The predicted octanol–water partition coefficient (Wildman–Crippen LogP) is 4.31. The molecule has 0 aliphatic heterocycles. The van der Waals surface area contributed by atoms with Crippen molar-refractivity contribution in [2.45, 2.75) is 6.10 Å². The van der Waals surface area contributed by atoms with Crippen LogP contribution in [0.25, 0.3) is 10.8 Å². The van der Waals surface area contributed by atoms with E-state index < -0.39 is 6.10 Å². The first kappa shape index (κ1) is 14.2. The summed E-state index contributed by atoms with van der Waals surface area (Å²) >= 11 is 0. The van der Waals surface area contributed by atoms with Gasteiger partial charge in [-0.2, -0.15) is 0 Å². The molecule has 0 unspecified atom stereocenters. The van der Waals surface area contributed by atoms with E-state index in [1.165, 1.54) is 0 Å². The molecular formula is C20H16O2. The summed E-state index contributed by atoms with van der Waals surface area (Å²) in [6.07, 6.45) is -0.993. The van der Waals surface area contributed by atoms with Crippen molar-refractivity contribution < 1.29 is 9.90 Å². The molecule has 0 saturated carbocycles. The minimum absolute atomic E-state index is 0.183. The van der Waals surface area contributed by atoms with Gasteiger partial charge in [0.25, 0.3) is 0 Å². The quantitative estimate of drug-likeness (QED) is 0.573. The number of ketones is 1. The molecule has 3 rings (SSSR count). The van der Waals surface area contributed by atoms with E-state index in [0.717, 1.165) is 10.8 Å². The lowest BCUT2D eigenvalue weighted by Gasteiger charge is -2.14. The molecule has 2 heteroatoms. The molecule has 3 aromatic rings. The average molecular weight is 288 g/mol. The lowest BCUT2D eigenvalue weighted by atomic mass is 9.93. The van der Waals surface area contributed by atoms with E-state index in [2.05, 4.69) is 6.58 Å². The Kier molecular flexibility index (Phi) is 3.86. The van der Waals surface area contributed by atoms with Crippen molar-refractivity contribution in [2.75, 3.05) is 0 Å². The first-order chi connectivity index (χ1) is 10.7. The number of aliphatic hydroxyl groups is 1. The molecule has 0 fully saturated rings. The molecule has 0 aliphatic rings. The highest BCUT2D eigenvalue weighted by molar-refractivity contribution is 6.16. The summed E-state index contributed by atoms with van der Waals surface area (Å²) in [4.78, 5) is 12.7. The van der Waals surface area contributed by atoms with Gasteiger partial charge in [-0.3, -0.25) is 4.79 Å². The third-order valence-electron chi connectivity index (χ3n) is 3.77. The van der Waals surface area contributed by atoms with E-state index in [1.54, 1.807) is 18.2 Å². The van der Waals surface area contributed by atoms with Gasteiger partial charge >= 0.3 is 0 Å². The zero-order valence-electron chi connectivity index (χ0n) is 12.1. The fourth-order valence-electron chi connectivity index (χ4n) is 2.56. The molecule has 0 bridgehead atoms. The van der Waals surface area contributed by atoms with E-state index in [4.69, 9.17) is 0 Å². The smallest absolute Gasteiger partial charge is 0.191 e. The zero-order chi connectivity index (χ0) is 15.5. The van der Waals surface area contributed by atoms with Crippen molar-refractivity contribution in [3.63, 3.8) is 0 Å². The van der Waals surface area contributed by atoms with Crippen LogP contribution < -0.4 is 0 Å². The zero-order valence-corrected chi connectivity index (χ0v) is 12.1. The minimum Gasteiger partial charge on any atom is -0.384 e. The summed E-state index contributed by atoms with van der Waals surface area (Å²) in [6, 6.07) is 22.4. The van der Waals surface area contributed by atoms with E-state index in [0.29, 0.717) is 11.1 Å². The molecule has 1 N–H and O–H groups in total. The van der Waals surface area contributed by atoms with Crippen LogP contribution in [0.5, 0.6) is 0 Å². The Morgan fingerprint density at radius 3 is 2.27 bits per heavy atom. The molecule has 0 aliphatic carbocycles. The Morgan fingerprint density at radius 2 is 1.50 bits per heavy atom. The molecule has 0 aromatic heterocycles. The normalized spacial score (nSPS) is 12.0. The monoisotopic (exact) mass is 288 g/mol. The highest BCUT2D eigenvalue weighted by atomic mass is 16.3. The van der Waals surface area contributed by atoms with Crippen molar-refractivity contribution in [1.29, 1.82) is 0 Å². The van der Waals surface area contributed by atoms with Crippen LogP contribution in [0.15, 0.2) is 84.9 Å². The molecule has 2 nitrogen and oxygen atoms in total. The van der Waals surface area contributed by atoms with Crippen LogP contribution in [0.3, 0.4) is 0 Å². The average Bonchev–Trinajstić information content (AvgIpc) is 2.60. The number of carbonyl (C=O) groups is 1. The second-order valence-corrected chi connectivity index (χ2v) is 5.19. The van der Waals surface area contributed by atoms with Crippen LogP contribution >= 0.6 is 0 Å². The Hall–Kier alpha value is -2.71. The summed E-state index contributed by atoms with van der Waals surface area (Å²) < 4.78 is 0. The molecule has 108 valence electrons. The summed E-state index contributed by atoms with van der Waals surface area (Å²) in [6.45, 7) is 3.81. The van der Waals surface area contributed by atoms with Crippen molar-refractivity contribution in [2.24, 2.45) is 0 Å². The third kappa shape index (κ3) is 2.57. The van der Waals surface area contributed by atoms with Crippen LogP contribution in [-0.2, 0) is 0 Å². The number of aliphatic hydroxyl groups excluding tert-OH is 1. The van der Waals surface area contributed by atoms with Crippen molar-refractivity contribution in [1.82, 2.24) is 0 Å². The fraction of sp³-hybridized carbons (Fsp3) is 0.0500. The SMILES string of the molecule is C=C(C(=O)c1cccc2ccccc12)[C@@H](O)c1ccccc1. The van der Waals surface area contributed by atoms with Gasteiger partial charge in [0.1, 0.15) is 6.10 Å². The number of benzene rings is 3. The maximum Gasteiger partial charge on any atom is 0.191 e. The lowest BCUT2D eigenvalue weighted by molar-refractivity contribution is 0.0989. The van der Waals surface area contributed by atoms with E-state index in [-0.39, 0.29) is 11.4 Å². The van der Waals surface area contributed by atoms with E-state index >= 15 is 0 Å². The number of rotatable bonds is 4. The van der Waals surface area contributed by atoms with Gasteiger partial charge in [-0.25, -0.2) is 0 Å². The van der Waals surface area contributed by atoms with Gasteiger partial charge in [-0.05, 0) is 16.3 Å². The van der Waals surface area contributed by atoms with E-state index in [1.807, 2.05) is 54.6 Å². The van der Waals surface area contributed by atoms with Gasteiger partial charge < -0.3 is 5.11 Å². The van der Waals surface area contributed by atoms with Gasteiger partial charge in [-0.1, -0.05) is 79.4 Å². The first-order valence-corrected chi connectivity index (χ1v) is 7.13. The maximum atomic E-state index is 12.7. The van der Waals surface area contributed by atoms with Crippen LogP contribution in [-0.4, -0.2) is 10.9 Å². The molecule has 0 amide bonds. The van der Waals surface area contributed by atoms with Gasteiger partial charge in [0, 0.05) is 11.1 Å². The standard InChI is InChI=1S/C20H16O2/c1-14(19(21)16-9-3-2-4-10-16)20(22)18-13-7-11-15-8-5-6-12-17(15)18/h2-13,19,21H,1H2/t19-/m1/s1. The van der Waals surface area contributed by atoms with Crippen LogP contribution in [0.2, 0.25) is 0 Å². The Balaban J connectivity index is 1.98. The minimum atomic E-state index is -0.993. The highest BCUT2D eigenvalue weighted by Gasteiger charge is 2.20. The molecule has 0 radical (unpaired) electrons. The summed E-state index contributed by atoms with van der Waals surface area (Å²) in [5, 5.41) is 12.2. The molecule has 0 saturated heterocycles. The number of fused-ring (bicyclic) bond motifs is 1. The van der Waals surface area contributed by atoms with Gasteiger partial charge in [0.2, 0.25) is 0 Å². The number of Topliss-reactive ketones (excluding diaryl/α,β-unsaturated/α-hetero) is 1. The summed E-state index contributed by atoms with van der Waals surface area (Å²) in [7, 11) is 0. The van der Waals surface area contributed by atoms with Crippen LogP contribution in [0.1, 0.15) is 22.0 Å². The number of carbonyl (C=O) groups excluding carboxylic acids is 1. The second-order valence-electron chi connectivity index (χ2n) is 5.19. The Labute approximate surface area is 129 Å². The molecule has 22 heavy (non-hydrogen) atoms. The Bertz CT molecular complexity index is 829. The first-order valence-electron chi connectivity index (χ1n) is 7.13. The third-order valence-corrected chi connectivity index (χ3v) is 3.77. The van der Waals surface area contributed by atoms with Gasteiger partial charge in [0.15, 0.2) is 5.78 Å². The largest absolute Gasteiger partial charge is 0.384 e. The number of hydrogen-bond acceptors (Lipinski definition) is 2. The molecule has 0 heterocycles. The van der Waals surface area contributed by atoms with Crippen molar-refractivity contribution in [3.05, 3.63) is 96.1 Å². The van der Waals surface area contributed by atoms with Crippen molar-refractivity contribution in [3.8, 4) is 0 Å². The number of hydrogen-bond donors (Lipinski definition) is 1. The summed E-state index contributed by atoms with van der Waals surface area (Å²) in [5.41, 5.74) is 1.42. The molecule has 3 aromatic carbocycles. The highest BCUT2D eigenvalue weighted by Crippen LogP contribution is 2.26. The molecule has 1 atom stereocenters. The molecular weight excluding hydrogens is 272 g/mol. The summed E-state index contributed by atoms with van der Waals surface area (Å²) in [5.74, 6) is -0.229. The fourth-order valence-corrected chi connectivity index (χ4v) is 2.56. The van der Waals surface area contributed by atoms with Crippen LogP contribution in [0.4, 0.5) is 0 Å².